The lowest BCUT2D eigenvalue weighted by molar-refractivity contribution is -0.142. The highest BCUT2D eigenvalue weighted by molar-refractivity contribution is 5.69. The van der Waals surface area contributed by atoms with Gasteiger partial charge in [-0.25, -0.2) is 0 Å². The molecule has 0 spiro atoms. The average molecular weight is 355 g/mol. The topological polar surface area (TPSA) is 56.6 Å². The molecule has 2 fully saturated rings. The number of carbonyl (C=O) groups excluding carboxylic acids is 1. The summed E-state index contributed by atoms with van der Waals surface area (Å²) < 4.78 is 4.79. The van der Waals surface area contributed by atoms with Gasteiger partial charge < -0.3 is 14.5 Å². The van der Waals surface area contributed by atoms with Gasteiger partial charge in [-0.3, -0.25) is 4.79 Å². The second kappa shape index (κ2) is 9.05. The van der Waals surface area contributed by atoms with Crippen LogP contribution in [0.3, 0.4) is 0 Å². The second-order valence-corrected chi connectivity index (χ2v) is 7.61. The molecule has 2 heterocycles. The standard InChI is InChI=1S/C21H29N3O2/c1-26-21(25)14-17-6-10-23(11-7-17)16-19-8-12-24(13-9-19)20-4-2-18(15-22)3-5-20/h2-5,17,19H,6-14,16H2,1H3. The van der Waals surface area contributed by atoms with E-state index >= 15 is 0 Å². The largest absolute Gasteiger partial charge is 0.469 e. The molecule has 0 aliphatic carbocycles. The number of nitriles is 1. The summed E-state index contributed by atoms with van der Waals surface area (Å²) in [6, 6.07) is 10.1. The minimum Gasteiger partial charge on any atom is -0.469 e. The van der Waals surface area contributed by atoms with Crippen molar-refractivity contribution in [1.29, 1.82) is 5.26 Å². The Bertz CT molecular complexity index is 622. The van der Waals surface area contributed by atoms with E-state index in [2.05, 4.69) is 28.0 Å². The van der Waals surface area contributed by atoms with Crippen LogP contribution in [0.15, 0.2) is 24.3 Å². The third kappa shape index (κ3) is 4.98. The van der Waals surface area contributed by atoms with Crippen LogP contribution in [0.2, 0.25) is 0 Å². The third-order valence-corrected chi connectivity index (χ3v) is 5.88. The minimum absolute atomic E-state index is 0.0707. The molecule has 5 nitrogen and oxygen atoms in total. The van der Waals surface area contributed by atoms with Crippen LogP contribution in [0.5, 0.6) is 0 Å². The Balaban J connectivity index is 1.39. The van der Waals surface area contributed by atoms with Crippen molar-refractivity contribution in [2.45, 2.75) is 32.1 Å². The number of rotatable bonds is 5. The Kier molecular flexibility index (Phi) is 6.51. The Morgan fingerprint density at radius 2 is 1.69 bits per heavy atom. The Hall–Kier alpha value is -2.06. The number of methoxy groups -OCH3 is 1. The molecular weight excluding hydrogens is 326 g/mol. The Morgan fingerprint density at radius 3 is 2.27 bits per heavy atom. The molecule has 2 saturated heterocycles. The van der Waals surface area contributed by atoms with Gasteiger partial charge >= 0.3 is 5.97 Å². The molecule has 0 aromatic heterocycles. The van der Waals surface area contributed by atoms with E-state index in [-0.39, 0.29) is 5.97 Å². The molecule has 0 bridgehead atoms. The van der Waals surface area contributed by atoms with Crippen LogP contribution in [0, 0.1) is 23.2 Å². The number of piperidine rings is 2. The zero-order valence-electron chi connectivity index (χ0n) is 15.7. The Morgan fingerprint density at radius 1 is 1.08 bits per heavy atom. The first kappa shape index (κ1) is 18.7. The van der Waals surface area contributed by atoms with E-state index in [0.717, 1.165) is 50.5 Å². The lowest BCUT2D eigenvalue weighted by Gasteiger charge is -2.38. The van der Waals surface area contributed by atoms with E-state index in [1.807, 2.05) is 12.1 Å². The fraction of sp³-hybridized carbons (Fsp3) is 0.619. The predicted octanol–water partition coefficient (Wildman–Crippen LogP) is 3.05. The summed E-state index contributed by atoms with van der Waals surface area (Å²) >= 11 is 0. The SMILES string of the molecule is COC(=O)CC1CCN(CC2CCN(c3ccc(C#N)cc3)CC2)CC1. The van der Waals surface area contributed by atoms with E-state index in [1.54, 1.807) is 0 Å². The number of anilines is 1. The van der Waals surface area contributed by atoms with Crippen LogP contribution in [-0.4, -0.2) is 50.7 Å². The molecule has 0 atom stereocenters. The number of carbonyl (C=O) groups is 1. The summed E-state index contributed by atoms with van der Waals surface area (Å²) in [5.74, 6) is 1.19. The first-order valence-electron chi connectivity index (χ1n) is 9.72. The van der Waals surface area contributed by atoms with Crippen molar-refractivity contribution >= 4 is 11.7 Å². The van der Waals surface area contributed by atoms with E-state index in [1.165, 1.54) is 32.2 Å². The fourth-order valence-corrected chi connectivity index (χ4v) is 4.18. The minimum atomic E-state index is -0.0707. The van der Waals surface area contributed by atoms with Crippen LogP contribution < -0.4 is 4.90 Å². The summed E-state index contributed by atoms with van der Waals surface area (Å²) in [5, 5.41) is 8.91. The molecule has 0 radical (unpaired) electrons. The van der Waals surface area contributed by atoms with Gasteiger partial charge in [0.25, 0.3) is 0 Å². The van der Waals surface area contributed by atoms with Gasteiger partial charge in [-0.05, 0) is 74.9 Å². The van der Waals surface area contributed by atoms with Gasteiger partial charge in [0.2, 0.25) is 0 Å². The smallest absolute Gasteiger partial charge is 0.305 e. The molecule has 1 aromatic rings. The predicted molar refractivity (Wildman–Crippen MR) is 102 cm³/mol. The molecular formula is C21H29N3O2. The zero-order chi connectivity index (χ0) is 18.4. The van der Waals surface area contributed by atoms with Crippen molar-refractivity contribution < 1.29 is 9.53 Å². The number of benzene rings is 1. The average Bonchev–Trinajstić information content (AvgIpc) is 2.70. The highest BCUT2D eigenvalue weighted by Gasteiger charge is 2.25. The maximum Gasteiger partial charge on any atom is 0.305 e. The van der Waals surface area contributed by atoms with Crippen LogP contribution >= 0.6 is 0 Å². The van der Waals surface area contributed by atoms with Gasteiger partial charge in [0.05, 0.1) is 18.7 Å². The summed E-state index contributed by atoms with van der Waals surface area (Å²) in [7, 11) is 1.47. The van der Waals surface area contributed by atoms with Crippen molar-refractivity contribution in [3.63, 3.8) is 0 Å². The Labute approximate surface area is 156 Å². The van der Waals surface area contributed by atoms with Gasteiger partial charge in [0.1, 0.15) is 0 Å². The van der Waals surface area contributed by atoms with E-state index < -0.39 is 0 Å². The normalized spacial score (nSPS) is 19.9. The molecule has 2 aliphatic rings. The number of likely N-dealkylation sites (tertiary alicyclic amines) is 1. The van der Waals surface area contributed by atoms with Gasteiger partial charge in [-0.2, -0.15) is 5.26 Å². The van der Waals surface area contributed by atoms with Crippen LogP contribution in [0.4, 0.5) is 5.69 Å². The van der Waals surface area contributed by atoms with E-state index in [9.17, 15) is 4.79 Å². The maximum atomic E-state index is 11.4. The zero-order valence-corrected chi connectivity index (χ0v) is 15.7. The molecule has 0 saturated carbocycles. The van der Waals surface area contributed by atoms with Gasteiger partial charge in [-0.15, -0.1) is 0 Å². The quantitative estimate of drug-likeness (QED) is 0.760. The van der Waals surface area contributed by atoms with Crippen molar-refractivity contribution in [2.75, 3.05) is 44.7 Å². The lowest BCUT2D eigenvalue weighted by Crippen LogP contribution is -2.41. The number of hydrogen-bond acceptors (Lipinski definition) is 5. The molecule has 140 valence electrons. The molecule has 0 N–H and O–H groups in total. The molecule has 0 unspecified atom stereocenters. The number of ether oxygens (including phenoxy) is 1. The highest BCUT2D eigenvalue weighted by Crippen LogP contribution is 2.26. The van der Waals surface area contributed by atoms with Crippen molar-refractivity contribution in [1.82, 2.24) is 4.90 Å². The van der Waals surface area contributed by atoms with Crippen molar-refractivity contribution in [3.8, 4) is 6.07 Å². The molecule has 2 aliphatic heterocycles. The first-order valence-corrected chi connectivity index (χ1v) is 9.72. The molecule has 0 amide bonds. The van der Waals surface area contributed by atoms with Gasteiger partial charge in [0.15, 0.2) is 0 Å². The van der Waals surface area contributed by atoms with Gasteiger partial charge in [-0.1, -0.05) is 0 Å². The summed E-state index contributed by atoms with van der Waals surface area (Å²) in [4.78, 5) is 16.4. The van der Waals surface area contributed by atoms with Crippen LogP contribution in [0.1, 0.15) is 37.7 Å². The van der Waals surface area contributed by atoms with Crippen LogP contribution in [-0.2, 0) is 9.53 Å². The van der Waals surface area contributed by atoms with E-state index in [0.29, 0.717) is 12.3 Å². The summed E-state index contributed by atoms with van der Waals surface area (Å²) in [6.45, 7) is 5.59. The molecule has 1 aromatic carbocycles. The van der Waals surface area contributed by atoms with Gasteiger partial charge in [0, 0.05) is 31.7 Å². The lowest BCUT2D eigenvalue weighted by atomic mass is 9.91. The summed E-state index contributed by atoms with van der Waals surface area (Å²) in [6.07, 6.45) is 5.25. The van der Waals surface area contributed by atoms with Crippen LogP contribution in [0.25, 0.3) is 0 Å². The first-order chi connectivity index (χ1) is 12.7. The number of esters is 1. The highest BCUT2D eigenvalue weighted by atomic mass is 16.5. The summed E-state index contributed by atoms with van der Waals surface area (Å²) in [5.41, 5.74) is 1.95. The number of hydrogen-bond donors (Lipinski definition) is 0. The molecule has 26 heavy (non-hydrogen) atoms. The molecule has 5 heteroatoms. The monoisotopic (exact) mass is 355 g/mol. The van der Waals surface area contributed by atoms with Crippen molar-refractivity contribution in [3.05, 3.63) is 29.8 Å². The third-order valence-electron chi connectivity index (χ3n) is 5.88. The second-order valence-electron chi connectivity index (χ2n) is 7.61. The van der Waals surface area contributed by atoms with E-state index in [4.69, 9.17) is 10.00 Å². The maximum absolute atomic E-state index is 11.4. The van der Waals surface area contributed by atoms with Crippen molar-refractivity contribution in [2.24, 2.45) is 11.8 Å². The fourth-order valence-electron chi connectivity index (χ4n) is 4.18. The number of nitrogens with zero attached hydrogens (tertiary/aromatic N) is 3. The molecule has 3 rings (SSSR count).